The van der Waals surface area contributed by atoms with E-state index in [9.17, 15) is 14.4 Å². The van der Waals surface area contributed by atoms with Crippen molar-refractivity contribution in [1.29, 1.82) is 0 Å². The molecule has 0 spiro atoms. The molecule has 120 valence electrons. The normalized spacial score (nSPS) is 18.6. The quantitative estimate of drug-likeness (QED) is 0.759. The number of amides is 3. The molecule has 0 aliphatic carbocycles. The van der Waals surface area contributed by atoms with Crippen molar-refractivity contribution in [3.05, 3.63) is 0 Å². The molecule has 3 amide bonds. The number of carbonyl (C=O) groups excluding carboxylic acids is 2. The zero-order valence-electron chi connectivity index (χ0n) is 12.7. The van der Waals surface area contributed by atoms with Gasteiger partial charge in [0.15, 0.2) is 0 Å². The molecule has 0 bridgehead atoms. The Balaban J connectivity index is 2.62. The lowest BCUT2D eigenvalue weighted by atomic mass is 9.98. The van der Waals surface area contributed by atoms with Gasteiger partial charge in [-0.15, -0.1) is 0 Å². The molecule has 7 heteroatoms. The van der Waals surface area contributed by atoms with Gasteiger partial charge in [0.1, 0.15) is 0 Å². The number of nitrogens with two attached hydrogens (primary N) is 1. The number of likely N-dealkylation sites (tertiary alicyclic amines) is 1. The standard InChI is InChI=1S/C14H25N3O4/c1-10(2)17(8-4-6-12(18)19)14(21)16-7-3-5-11(9-16)13(15)20/h10-11H,3-9H2,1-2H3,(H2,15,20)(H,18,19). The van der Waals surface area contributed by atoms with E-state index in [0.717, 1.165) is 12.8 Å². The fraction of sp³-hybridized carbons (Fsp3) is 0.786. The van der Waals surface area contributed by atoms with Crippen LogP contribution in [-0.4, -0.2) is 58.5 Å². The fourth-order valence-corrected chi connectivity index (χ4v) is 2.54. The number of carbonyl (C=O) groups is 3. The molecule has 0 aromatic carbocycles. The van der Waals surface area contributed by atoms with Gasteiger partial charge in [0.05, 0.1) is 5.92 Å². The SMILES string of the molecule is CC(C)N(CCCC(=O)O)C(=O)N1CCCC(C(N)=O)C1. The number of carboxylic acids is 1. The Hall–Kier alpha value is -1.79. The molecular weight excluding hydrogens is 274 g/mol. The van der Waals surface area contributed by atoms with E-state index < -0.39 is 5.97 Å². The van der Waals surface area contributed by atoms with Crippen LogP contribution in [0, 0.1) is 5.92 Å². The third kappa shape index (κ3) is 5.24. The number of hydrogen-bond donors (Lipinski definition) is 2. The van der Waals surface area contributed by atoms with Gasteiger partial charge in [0, 0.05) is 32.1 Å². The summed E-state index contributed by atoms with van der Waals surface area (Å²) in [4.78, 5) is 37.7. The summed E-state index contributed by atoms with van der Waals surface area (Å²) in [7, 11) is 0. The van der Waals surface area contributed by atoms with Crippen LogP contribution in [0.4, 0.5) is 4.79 Å². The molecule has 1 aliphatic heterocycles. The van der Waals surface area contributed by atoms with Crippen LogP contribution in [0.5, 0.6) is 0 Å². The summed E-state index contributed by atoms with van der Waals surface area (Å²) in [5, 5.41) is 8.68. The lowest BCUT2D eigenvalue weighted by molar-refractivity contribution is -0.137. The lowest BCUT2D eigenvalue weighted by Gasteiger charge is -2.37. The predicted octanol–water partition coefficient (Wildman–Crippen LogP) is 0.879. The van der Waals surface area contributed by atoms with Crippen molar-refractivity contribution in [1.82, 2.24) is 9.80 Å². The minimum Gasteiger partial charge on any atom is -0.481 e. The number of piperidine rings is 1. The molecule has 1 rings (SSSR count). The van der Waals surface area contributed by atoms with Gasteiger partial charge in [-0.05, 0) is 33.1 Å². The van der Waals surface area contributed by atoms with Crippen molar-refractivity contribution in [2.45, 2.75) is 45.6 Å². The molecule has 1 fully saturated rings. The van der Waals surface area contributed by atoms with Gasteiger partial charge in [-0.1, -0.05) is 0 Å². The van der Waals surface area contributed by atoms with Crippen molar-refractivity contribution in [3.63, 3.8) is 0 Å². The monoisotopic (exact) mass is 299 g/mol. The van der Waals surface area contributed by atoms with E-state index in [0.29, 0.717) is 26.1 Å². The molecule has 3 N–H and O–H groups in total. The van der Waals surface area contributed by atoms with Gasteiger partial charge >= 0.3 is 12.0 Å². The van der Waals surface area contributed by atoms with Gasteiger partial charge in [-0.2, -0.15) is 0 Å². The summed E-state index contributed by atoms with van der Waals surface area (Å²) in [6, 6.07) is -0.151. The highest BCUT2D eigenvalue weighted by Gasteiger charge is 2.30. The van der Waals surface area contributed by atoms with Crippen LogP contribution in [-0.2, 0) is 9.59 Å². The smallest absolute Gasteiger partial charge is 0.320 e. The maximum Gasteiger partial charge on any atom is 0.320 e. The van der Waals surface area contributed by atoms with Gasteiger partial charge in [0.25, 0.3) is 0 Å². The predicted molar refractivity (Wildman–Crippen MR) is 77.6 cm³/mol. The molecular formula is C14H25N3O4. The number of primary amides is 1. The van der Waals surface area contributed by atoms with E-state index >= 15 is 0 Å². The van der Waals surface area contributed by atoms with Crippen LogP contribution < -0.4 is 5.73 Å². The van der Waals surface area contributed by atoms with E-state index in [1.807, 2.05) is 13.8 Å². The Bertz CT molecular complexity index is 398. The molecule has 21 heavy (non-hydrogen) atoms. The Morgan fingerprint density at radius 2 is 2.05 bits per heavy atom. The highest BCUT2D eigenvalue weighted by atomic mass is 16.4. The molecule has 1 atom stereocenters. The molecule has 1 aliphatic rings. The van der Waals surface area contributed by atoms with Crippen molar-refractivity contribution in [2.24, 2.45) is 11.7 Å². The summed E-state index contributed by atoms with van der Waals surface area (Å²) in [6.45, 7) is 5.17. The van der Waals surface area contributed by atoms with E-state index in [1.54, 1.807) is 9.80 Å². The Labute approximate surface area is 125 Å². The third-order valence-electron chi connectivity index (χ3n) is 3.75. The number of rotatable bonds is 6. The van der Waals surface area contributed by atoms with E-state index in [1.165, 1.54) is 0 Å². The average molecular weight is 299 g/mol. The van der Waals surface area contributed by atoms with E-state index in [4.69, 9.17) is 10.8 Å². The van der Waals surface area contributed by atoms with Crippen LogP contribution >= 0.6 is 0 Å². The van der Waals surface area contributed by atoms with Crippen LogP contribution in [0.25, 0.3) is 0 Å². The Morgan fingerprint density at radius 3 is 2.57 bits per heavy atom. The molecule has 1 unspecified atom stereocenters. The van der Waals surface area contributed by atoms with Crippen molar-refractivity contribution in [3.8, 4) is 0 Å². The minimum absolute atomic E-state index is 0.0137. The maximum absolute atomic E-state index is 12.5. The number of urea groups is 1. The molecule has 1 heterocycles. The lowest BCUT2D eigenvalue weighted by Crippen LogP contribution is -2.51. The third-order valence-corrected chi connectivity index (χ3v) is 3.75. The first kappa shape index (κ1) is 17.3. The fourth-order valence-electron chi connectivity index (χ4n) is 2.54. The van der Waals surface area contributed by atoms with Gasteiger partial charge < -0.3 is 20.6 Å². The average Bonchev–Trinajstić information content (AvgIpc) is 2.42. The van der Waals surface area contributed by atoms with Crippen LogP contribution in [0.2, 0.25) is 0 Å². The van der Waals surface area contributed by atoms with Crippen LogP contribution in [0.15, 0.2) is 0 Å². The van der Waals surface area contributed by atoms with Gasteiger partial charge in [0.2, 0.25) is 5.91 Å². The Morgan fingerprint density at radius 1 is 1.38 bits per heavy atom. The van der Waals surface area contributed by atoms with Gasteiger partial charge in [-0.25, -0.2) is 4.79 Å². The van der Waals surface area contributed by atoms with Crippen molar-refractivity contribution < 1.29 is 19.5 Å². The van der Waals surface area contributed by atoms with Gasteiger partial charge in [-0.3, -0.25) is 9.59 Å². The Kier molecular flexibility index (Phi) is 6.45. The first-order valence-electron chi connectivity index (χ1n) is 7.39. The first-order chi connectivity index (χ1) is 9.82. The zero-order valence-corrected chi connectivity index (χ0v) is 12.7. The summed E-state index contributed by atoms with van der Waals surface area (Å²) >= 11 is 0. The molecule has 0 radical (unpaired) electrons. The first-order valence-corrected chi connectivity index (χ1v) is 7.39. The summed E-state index contributed by atoms with van der Waals surface area (Å²) in [5.41, 5.74) is 5.32. The summed E-state index contributed by atoms with van der Waals surface area (Å²) < 4.78 is 0. The number of carboxylic acid groups (broad SMARTS) is 1. The van der Waals surface area contributed by atoms with Crippen LogP contribution in [0.3, 0.4) is 0 Å². The molecule has 0 aromatic rings. The molecule has 7 nitrogen and oxygen atoms in total. The molecule has 1 saturated heterocycles. The maximum atomic E-state index is 12.5. The highest BCUT2D eigenvalue weighted by molar-refractivity contribution is 5.79. The highest BCUT2D eigenvalue weighted by Crippen LogP contribution is 2.18. The second-order valence-corrected chi connectivity index (χ2v) is 5.75. The molecule has 0 aromatic heterocycles. The summed E-state index contributed by atoms with van der Waals surface area (Å²) in [5.74, 6) is -1.51. The van der Waals surface area contributed by atoms with Crippen molar-refractivity contribution >= 4 is 17.9 Å². The van der Waals surface area contributed by atoms with E-state index in [-0.39, 0.29) is 30.3 Å². The zero-order chi connectivity index (χ0) is 16.0. The van der Waals surface area contributed by atoms with Crippen molar-refractivity contribution in [2.75, 3.05) is 19.6 Å². The largest absolute Gasteiger partial charge is 0.481 e. The topological polar surface area (TPSA) is 104 Å². The second-order valence-electron chi connectivity index (χ2n) is 5.75. The summed E-state index contributed by atoms with van der Waals surface area (Å²) in [6.07, 6.45) is 1.95. The second kappa shape index (κ2) is 7.85. The number of aliphatic carboxylic acids is 1. The number of nitrogens with zero attached hydrogens (tertiary/aromatic N) is 2. The van der Waals surface area contributed by atoms with E-state index in [2.05, 4.69) is 0 Å². The minimum atomic E-state index is -0.863. The molecule has 0 saturated carbocycles. The number of hydrogen-bond acceptors (Lipinski definition) is 3. The van der Waals surface area contributed by atoms with Crippen LogP contribution in [0.1, 0.15) is 39.5 Å².